The number of hydrogen-bond donors (Lipinski definition) is 13. The van der Waals surface area contributed by atoms with E-state index in [-0.39, 0.29) is 82.3 Å². The van der Waals surface area contributed by atoms with Gasteiger partial charge in [-0.25, -0.2) is 4.79 Å². The number of carboxylic acid groups (broad SMARTS) is 1. The van der Waals surface area contributed by atoms with Crippen molar-refractivity contribution >= 4 is 59.2 Å². The minimum Gasteiger partial charge on any atom is -0.480 e. The number of nitrogens with two attached hydrogens (primary N) is 5. The zero-order valence-corrected chi connectivity index (χ0v) is 39.2. The highest BCUT2D eigenvalue weighted by molar-refractivity contribution is 5.98. The molecule has 2 rings (SSSR count). The van der Waals surface area contributed by atoms with Crippen LogP contribution in [0.3, 0.4) is 0 Å². The van der Waals surface area contributed by atoms with E-state index < -0.39 is 102 Å². The normalized spacial score (nSPS) is 22.3. The molecule has 0 unspecified atom stereocenters. The highest BCUT2D eigenvalue weighted by atomic mass is 16.4. The van der Waals surface area contributed by atoms with E-state index in [1.807, 2.05) is 13.8 Å². The number of nitrogens with one attached hydrogen (secondary N) is 7. The molecule has 1 aromatic rings. The summed E-state index contributed by atoms with van der Waals surface area (Å²) >= 11 is 0. The number of carboxylic acids is 1. The quantitative estimate of drug-likeness (QED) is 0.0355. The molecule has 0 saturated carbocycles. The summed E-state index contributed by atoms with van der Waals surface area (Å²) in [5, 5.41) is 28.7. The first-order valence-corrected chi connectivity index (χ1v) is 22.9. The van der Waals surface area contributed by atoms with Crippen molar-refractivity contribution in [3.05, 3.63) is 35.9 Å². The topological polar surface area (TPSA) is 396 Å². The fraction of sp³-hybridized carbons (Fsp3) is 0.636. The Labute approximate surface area is 392 Å². The Morgan fingerprint density at radius 3 is 1.79 bits per heavy atom. The number of rotatable bonds is 21. The number of benzene rings is 1. The van der Waals surface area contributed by atoms with Crippen LogP contribution in [-0.2, 0) is 44.8 Å². The monoisotopic (exact) mass is 943 g/mol. The van der Waals surface area contributed by atoms with Crippen molar-refractivity contribution in [1.82, 2.24) is 37.2 Å². The van der Waals surface area contributed by atoms with Crippen molar-refractivity contribution in [2.75, 3.05) is 19.6 Å². The maximum absolute atomic E-state index is 14.3. The lowest BCUT2D eigenvalue weighted by molar-refractivity contribution is -0.142. The van der Waals surface area contributed by atoms with Crippen LogP contribution in [-0.4, -0.2) is 126 Å². The van der Waals surface area contributed by atoms with Crippen molar-refractivity contribution in [3.8, 4) is 0 Å². The third-order valence-corrected chi connectivity index (χ3v) is 11.1. The second kappa shape index (κ2) is 29.9. The van der Waals surface area contributed by atoms with E-state index in [9.17, 15) is 43.5 Å². The molecule has 0 aliphatic carbocycles. The molecule has 7 amide bonds. The van der Waals surface area contributed by atoms with Gasteiger partial charge in [-0.3, -0.25) is 43.5 Å². The van der Waals surface area contributed by atoms with Gasteiger partial charge < -0.3 is 71.0 Å². The van der Waals surface area contributed by atoms with Crippen LogP contribution in [0.25, 0.3) is 0 Å². The van der Waals surface area contributed by atoms with E-state index in [2.05, 4.69) is 47.2 Å². The molecule has 18 N–H and O–H groups in total. The summed E-state index contributed by atoms with van der Waals surface area (Å²) in [5.41, 5.74) is 28.3. The van der Waals surface area contributed by atoms with Crippen LogP contribution in [0.2, 0.25) is 0 Å². The molecule has 374 valence electrons. The number of aliphatic imine (C=N–C) groups is 2. The van der Waals surface area contributed by atoms with E-state index in [0.717, 1.165) is 0 Å². The average molecular weight is 943 g/mol. The highest BCUT2D eigenvalue weighted by Crippen LogP contribution is 2.14. The Bertz CT molecular complexity index is 1860. The van der Waals surface area contributed by atoms with Crippen molar-refractivity contribution in [1.29, 1.82) is 0 Å². The first-order chi connectivity index (χ1) is 31.7. The Hall–Kier alpha value is -6.52. The Morgan fingerprint density at radius 2 is 1.25 bits per heavy atom. The lowest BCUT2D eigenvalue weighted by Gasteiger charge is -2.30. The minimum absolute atomic E-state index is 0.00721. The van der Waals surface area contributed by atoms with E-state index in [1.165, 1.54) is 0 Å². The third kappa shape index (κ3) is 21.6. The molecule has 23 heteroatoms. The molecule has 1 aliphatic rings. The Kier molecular flexibility index (Phi) is 25.3. The van der Waals surface area contributed by atoms with Gasteiger partial charge in [-0.05, 0) is 81.7 Å². The van der Waals surface area contributed by atoms with Crippen LogP contribution in [0, 0.1) is 11.8 Å². The van der Waals surface area contributed by atoms with Gasteiger partial charge in [-0.15, -0.1) is 0 Å². The SMILES string of the molecule is CC[C@H](C)[C@@H]1NC(=O)[C@H](CCCN=C(N)N)NC(=O)[C@H](CC(C)C)NC(=O)[C@H](Cc2ccccc2)NC(=O)CC[C@@H](C(=O)N[C@@H](CCCCN)C(=O)O)NC(=O)[C@H](CCCN=C(N)N)NC1=O. The summed E-state index contributed by atoms with van der Waals surface area (Å²) in [6.45, 7) is 7.63. The number of guanidine groups is 2. The number of aliphatic carboxylic acids is 1. The van der Waals surface area contributed by atoms with Crippen molar-refractivity contribution < 1.29 is 43.5 Å². The van der Waals surface area contributed by atoms with Crippen LogP contribution >= 0.6 is 0 Å². The molecule has 23 nitrogen and oxygen atoms in total. The summed E-state index contributed by atoms with van der Waals surface area (Å²) in [6, 6.07) is -0.435. The Balaban J connectivity index is 2.78. The summed E-state index contributed by atoms with van der Waals surface area (Å²) in [5.74, 6) is -7.84. The molecular weight excluding hydrogens is 869 g/mol. The second-order valence-corrected chi connectivity index (χ2v) is 17.2. The predicted molar refractivity (Wildman–Crippen MR) is 252 cm³/mol. The van der Waals surface area contributed by atoms with Crippen LogP contribution in [0.5, 0.6) is 0 Å². The molecule has 67 heavy (non-hydrogen) atoms. The van der Waals surface area contributed by atoms with E-state index in [1.54, 1.807) is 44.2 Å². The number of carbonyl (C=O) groups is 8. The summed E-state index contributed by atoms with van der Waals surface area (Å²) < 4.78 is 0. The maximum atomic E-state index is 14.3. The summed E-state index contributed by atoms with van der Waals surface area (Å²) in [6.07, 6.45) is 0.884. The van der Waals surface area contributed by atoms with Crippen molar-refractivity contribution in [2.45, 2.75) is 147 Å². The largest absolute Gasteiger partial charge is 0.480 e. The van der Waals surface area contributed by atoms with Gasteiger partial charge in [0.25, 0.3) is 0 Å². The van der Waals surface area contributed by atoms with Gasteiger partial charge in [0.1, 0.15) is 42.3 Å². The maximum Gasteiger partial charge on any atom is 0.326 e. The number of unbranched alkanes of at least 4 members (excludes halogenated alkanes) is 1. The standard InChI is InChI=1S/C44H74N14O9/c1-5-26(4)35-41(65)55-28(16-11-21-50-43(46)47)36(60)54-30(37(61)56-31(42(66)67)15-9-10-20-45)18-19-34(59)52-33(24-27-13-7-6-8-14-27)40(64)57-32(23-25(2)3)39(63)53-29(38(62)58-35)17-12-22-51-44(48)49/h6-8,13-14,25-26,28-33,35H,5,9-12,15-24,45H2,1-4H3,(H,52,59)(H,53,63)(H,54,60)(H,55,65)(H,56,61)(H,57,64)(H,58,62)(H,66,67)(H4,46,47,50)(H4,48,49,51)/t26-,28-,29-,30-,31-,32-,33-,35-/m0/s1. The lowest BCUT2D eigenvalue weighted by Crippen LogP contribution is -2.61. The molecular formula is C44H74N14O9. The lowest BCUT2D eigenvalue weighted by atomic mass is 9.96. The molecule has 1 fully saturated rings. The van der Waals surface area contributed by atoms with Crippen molar-refractivity contribution in [2.24, 2.45) is 50.5 Å². The molecule has 0 bridgehead atoms. The molecule has 8 atom stereocenters. The van der Waals surface area contributed by atoms with E-state index >= 15 is 0 Å². The molecule has 1 aromatic carbocycles. The van der Waals surface area contributed by atoms with Crippen LogP contribution in [0.1, 0.15) is 104 Å². The highest BCUT2D eigenvalue weighted by Gasteiger charge is 2.36. The smallest absolute Gasteiger partial charge is 0.326 e. The minimum atomic E-state index is -1.53. The Morgan fingerprint density at radius 1 is 0.716 bits per heavy atom. The van der Waals surface area contributed by atoms with Gasteiger partial charge in [-0.1, -0.05) is 64.4 Å². The first kappa shape index (κ1) is 56.6. The number of hydrogen-bond acceptors (Lipinski definition) is 11. The number of carbonyl (C=O) groups excluding carboxylic acids is 7. The average Bonchev–Trinajstić information content (AvgIpc) is 3.27. The fourth-order valence-corrected chi connectivity index (χ4v) is 7.17. The van der Waals surface area contributed by atoms with E-state index in [4.69, 9.17) is 28.7 Å². The molecule has 0 spiro atoms. The molecule has 1 heterocycles. The van der Waals surface area contributed by atoms with Crippen LogP contribution in [0.15, 0.2) is 40.3 Å². The zero-order valence-electron chi connectivity index (χ0n) is 39.2. The van der Waals surface area contributed by atoms with Gasteiger partial charge in [0, 0.05) is 25.9 Å². The van der Waals surface area contributed by atoms with E-state index in [0.29, 0.717) is 31.4 Å². The number of amides is 7. The van der Waals surface area contributed by atoms with Gasteiger partial charge in [0.15, 0.2) is 11.9 Å². The predicted octanol–water partition coefficient (Wildman–Crippen LogP) is -2.17. The zero-order chi connectivity index (χ0) is 50.1. The molecule has 0 aromatic heterocycles. The van der Waals surface area contributed by atoms with Crippen molar-refractivity contribution in [3.63, 3.8) is 0 Å². The van der Waals surface area contributed by atoms with Gasteiger partial charge in [-0.2, -0.15) is 0 Å². The summed E-state index contributed by atoms with van der Waals surface area (Å²) in [4.78, 5) is 119. The third-order valence-electron chi connectivity index (χ3n) is 11.1. The van der Waals surface area contributed by atoms with Gasteiger partial charge in [0.2, 0.25) is 41.4 Å². The van der Waals surface area contributed by atoms with Gasteiger partial charge in [0.05, 0.1) is 0 Å². The molecule has 1 saturated heterocycles. The molecule has 1 aliphatic heterocycles. The van der Waals surface area contributed by atoms with Crippen LogP contribution < -0.4 is 65.9 Å². The van der Waals surface area contributed by atoms with Gasteiger partial charge >= 0.3 is 5.97 Å². The summed E-state index contributed by atoms with van der Waals surface area (Å²) in [7, 11) is 0. The fourth-order valence-electron chi connectivity index (χ4n) is 7.17. The number of nitrogens with zero attached hydrogens (tertiary/aromatic N) is 2. The molecule has 0 radical (unpaired) electrons. The first-order valence-electron chi connectivity index (χ1n) is 22.9. The second-order valence-electron chi connectivity index (χ2n) is 17.2. The van der Waals surface area contributed by atoms with Crippen LogP contribution in [0.4, 0.5) is 0 Å².